The van der Waals surface area contributed by atoms with Crippen LogP contribution in [0.1, 0.15) is 15.2 Å². The smallest absolute Gasteiger partial charge is 0.211 e. The van der Waals surface area contributed by atoms with Crippen molar-refractivity contribution in [3.05, 3.63) is 99.6 Å². The van der Waals surface area contributed by atoms with Crippen molar-refractivity contribution in [3.63, 3.8) is 0 Å². The number of carbonyl (C=O) groups is 1. The first kappa shape index (κ1) is 22.2. The summed E-state index contributed by atoms with van der Waals surface area (Å²) in [6, 6.07) is 20.1. The van der Waals surface area contributed by atoms with Gasteiger partial charge in [-0.3, -0.25) is 4.79 Å². The lowest BCUT2D eigenvalue weighted by Gasteiger charge is -2.10. The molecule has 3 N–H and O–H groups in total. The number of carbonyl (C=O) groups excluding carboxylic acids is 1. The molecule has 0 spiro atoms. The van der Waals surface area contributed by atoms with E-state index in [1.807, 2.05) is 6.07 Å². The van der Waals surface area contributed by atoms with Crippen LogP contribution in [-0.4, -0.2) is 14.2 Å². The Morgan fingerprint density at radius 2 is 1.56 bits per heavy atom. The molecule has 0 fully saturated rings. The van der Waals surface area contributed by atoms with Gasteiger partial charge in [-0.05, 0) is 60.7 Å². The van der Waals surface area contributed by atoms with Gasteiger partial charge in [-0.2, -0.15) is 0 Å². The minimum absolute atomic E-state index is 0.0436. The number of benzene rings is 3. The standard InChI is InChI=1S/C23H16BrFN2O3S2/c24-15-8-12-18(13-9-15)32(29,30)22-19(26)21(20(28)14-6-10-16(25)11-7-14)31-23(22)27-17-4-2-1-3-5-17/h1-13,27H,26H2. The Labute approximate surface area is 196 Å². The molecule has 9 heteroatoms. The molecule has 1 aromatic heterocycles. The summed E-state index contributed by atoms with van der Waals surface area (Å²) in [5.41, 5.74) is 6.97. The maximum absolute atomic E-state index is 13.5. The molecule has 0 aliphatic heterocycles. The largest absolute Gasteiger partial charge is 0.396 e. The molecule has 0 saturated heterocycles. The van der Waals surface area contributed by atoms with E-state index in [0.29, 0.717) is 5.69 Å². The van der Waals surface area contributed by atoms with Crippen molar-refractivity contribution in [1.82, 2.24) is 0 Å². The predicted molar refractivity (Wildman–Crippen MR) is 128 cm³/mol. The van der Waals surface area contributed by atoms with Crippen LogP contribution in [-0.2, 0) is 9.84 Å². The number of halogens is 2. The van der Waals surface area contributed by atoms with E-state index in [0.717, 1.165) is 15.8 Å². The number of ketones is 1. The van der Waals surface area contributed by atoms with Gasteiger partial charge in [-0.15, -0.1) is 11.3 Å². The van der Waals surface area contributed by atoms with E-state index in [1.165, 1.54) is 36.4 Å². The highest BCUT2D eigenvalue weighted by molar-refractivity contribution is 9.10. The normalized spacial score (nSPS) is 11.3. The first-order valence-corrected chi connectivity index (χ1v) is 12.4. The van der Waals surface area contributed by atoms with Gasteiger partial charge in [-0.1, -0.05) is 34.1 Å². The summed E-state index contributed by atoms with van der Waals surface area (Å²) in [5, 5.41) is 3.30. The van der Waals surface area contributed by atoms with Crippen LogP contribution < -0.4 is 11.1 Å². The van der Waals surface area contributed by atoms with E-state index in [4.69, 9.17) is 5.73 Å². The Balaban J connectivity index is 1.87. The number of hydrogen-bond acceptors (Lipinski definition) is 6. The second-order valence-corrected chi connectivity index (χ2v) is 10.6. The fourth-order valence-electron chi connectivity index (χ4n) is 3.06. The molecule has 5 nitrogen and oxygen atoms in total. The Morgan fingerprint density at radius 3 is 2.19 bits per heavy atom. The third-order valence-corrected chi connectivity index (χ3v) is 8.27. The quantitative estimate of drug-likeness (QED) is 0.296. The van der Waals surface area contributed by atoms with Gasteiger partial charge >= 0.3 is 0 Å². The average Bonchev–Trinajstić information content (AvgIpc) is 3.11. The molecule has 3 aromatic carbocycles. The fraction of sp³-hybridized carbons (Fsp3) is 0. The second-order valence-electron chi connectivity index (χ2n) is 6.79. The number of para-hydroxylation sites is 1. The fourth-order valence-corrected chi connectivity index (χ4v) is 6.26. The van der Waals surface area contributed by atoms with Crippen LogP contribution in [0, 0.1) is 5.82 Å². The molecule has 1 heterocycles. The topological polar surface area (TPSA) is 89.3 Å². The van der Waals surface area contributed by atoms with Crippen molar-refractivity contribution >= 4 is 59.3 Å². The first-order valence-electron chi connectivity index (χ1n) is 9.32. The minimum atomic E-state index is -4.05. The van der Waals surface area contributed by atoms with E-state index in [1.54, 1.807) is 36.4 Å². The van der Waals surface area contributed by atoms with Crippen LogP contribution in [0.3, 0.4) is 0 Å². The third kappa shape index (κ3) is 4.32. The molecular formula is C23H16BrFN2O3S2. The van der Waals surface area contributed by atoms with Gasteiger partial charge in [0.25, 0.3) is 0 Å². The summed E-state index contributed by atoms with van der Waals surface area (Å²) < 4.78 is 41.0. The molecule has 0 aliphatic carbocycles. The third-order valence-electron chi connectivity index (χ3n) is 4.64. The van der Waals surface area contributed by atoms with E-state index in [2.05, 4.69) is 21.2 Å². The summed E-state index contributed by atoms with van der Waals surface area (Å²) in [4.78, 5) is 13.0. The zero-order valence-electron chi connectivity index (χ0n) is 16.4. The van der Waals surface area contributed by atoms with Crippen LogP contribution in [0.25, 0.3) is 0 Å². The molecule has 0 bridgehead atoms. The summed E-state index contributed by atoms with van der Waals surface area (Å²) in [6.45, 7) is 0. The lowest BCUT2D eigenvalue weighted by Crippen LogP contribution is -2.08. The SMILES string of the molecule is Nc1c(C(=O)c2ccc(F)cc2)sc(Nc2ccccc2)c1S(=O)(=O)c1ccc(Br)cc1. The summed E-state index contributed by atoms with van der Waals surface area (Å²) in [6.07, 6.45) is 0. The van der Waals surface area contributed by atoms with Gasteiger partial charge in [0, 0.05) is 15.7 Å². The van der Waals surface area contributed by atoms with Crippen LogP contribution in [0.2, 0.25) is 0 Å². The Morgan fingerprint density at radius 1 is 0.938 bits per heavy atom. The maximum Gasteiger partial charge on any atom is 0.211 e. The second kappa shape index (κ2) is 8.85. The van der Waals surface area contributed by atoms with E-state index in [-0.39, 0.29) is 30.9 Å². The number of sulfone groups is 1. The Kier molecular flexibility index (Phi) is 6.14. The van der Waals surface area contributed by atoms with Gasteiger partial charge in [0.15, 0.2) is 0 Å². The van der Waals surface area contributed by atoms with Crippen LogP contribution in [0.15, 0.2) is 93.1 Å². The van der Waals surface area contributed by atoms with Crippen molar-refractivity contribution in [2.45, 2.75) is 9.79 Å². The molecule has 0 aliphatic rings. The van der Waals surface area contributed by atoms with Gasteiger partial charge in [0.2, 0.25) is 15.6 Å². The maximum atomic E-state index is 13.5. The van der Waals surface area contributed by atoms with Crippen LogP contribution >= 0.6 is 27.3 Å². The van der Waals surface area contributed by atoms with Crippen LogP contribution in [0.5, 0.6) is 0 Å². The lowest BCUT2D eigenvalue weighted by atomic mass is 10.1. The molecule has 0 unspecified atom stereocenters. The van der Waals surface area contributed by atoms with Gasteiger partial charge < -0.3 is 11.1 Å². The monoisotopic (exact) mass is 530 g/mol. The number of nitrogens with one attached hydrogen (secondary N) is 1. The molecule has 162 valence electrons. The molecular weight excluding hydrogens is 515 g/mol. The minimum Gasteiger partial charge on any atom is -0.396 e. The van der Waals surface area contributed by atoms with E-state index >= 15 is 0 Å². The van der Waals surface area contributed by atoms with Gasteiger partial charge in [0.1, 0.15) is 20.6 Å². The summed E-state index contributed by atoms with van der Waals surface area (Å²) in [7, 11) is -4.05. The number of hydrogen-bond donors (Lipinski definition) is 2. The van der Waals surface area contributed by atoms with Gasteiger partial charge in [-0.25, -0.2) is 12.8 Å². The molecule has 4 aromatic rings. The molecule has 4 rings (SSSR count). The van der Waals surface area contributed by atoms with E-state index < -0.39 is 21.4 Å². The number of nitrogens with two attached hydrogens (primary N) is 1. The molecule has 0 saturated carbocycles. The Hall–Kier alpha value is -3.01. The van der Waals surface area contributed by atoms with Crippen molar-refractivity contribution in [3.8, 4) is 0 Å². The highest BCUT2D eigenvalue weighted by Gasteiger charge is 2.31. The molecule has 0 atom stereocenters. The highest BCUT2D eigenvalue weighted by atomic mass is 79.9. The average molecular weight is 531 g/mol. The number of anilines is 3. The van der Waals surface area contributed by atoms with Crippen molar-refractivity contribution in [1.29, 1.82) is 0 Å². The highest BCUT2D eigenvalue weighted by Crippen LogP contribution is 2.44. The van der Waals surface area contributed by atoms with Crippen LogP contribution in [0.4, 0.5) is 20.8 Å². The molecule has 0 amide bonds. The zero-order chi connectivity index (χ0) is 22.9. The van der Waals surface area contributed by atoms with Gasteiger partial charge in [0.05, 0.1) is 10.6 Å². The molecule has 0 radical (unpaired) electrons. The zero-order valence-corrected chi connectivity index (χ0v) is 19.6. The van der Waals surface area contributed by atoms with Crippen molar-refractivity contribution in [2.75, 3.05) is 11.1 Å². The first-order chi connectivity index (χ1) is 15.3. The number of nitrogen functional groups attached to an aromatic ring is 1. The lowest BCUT2D eigenvalue weighted by molar-refractivity contribution is 0.104. The van der Waals surface area contributed by atoms with E-state index in [9.17, 15) is 17.6 Å². The Bertz CT molecular complexity index is 1390. The molecule has 32 heavy (non-hydrogen) atoms. The predicted octanol–water partition coefficient (Wildman–Crippen LogP) is 6.04. The summed E-state index contributed by atoms with van der Waals surface area (Å²) >= 11 is 4.24. The van der Waals surface area contributed by atoms with Crippen molar-refractivity contribution in [2.24, 2.45) is 0 Å². The number of rotatable bonds is 6. The number of thiophene rings is 1. The summed E-state index contributed by atoms with van der Waals surface area (Å²) in [5.74, 6) is -0.966. The van der Waals surface area contributed by atoms with Crippen molar-refractivity contribution < 1.29 is 17.6 Å².